The Labute approximate surface area is 169 Å². The highest BCUT2D eigenvalue weighted by atomic mass is 32.1. The Morgan fingerprint density at radius 1 is 1.11 bits per heavy atom. The van der Waals surface area contributed by atoms with Gasteiger partial charge < -0.3 is 4.90 Å². The van der Waals surface area contributed by atoms with Gasteiger partial charge in [-0.3, -0.25) is 14.7 Å². The van der Waals surface area contributed by atoms with Crippen LogP contribution in [0.4, 0.5) is 0 Å². The first kappa shape index (κ1) is 17.8. The third-order valence-electron chi connectivity index (χ3n) is 6.37. The molecule has 0 aliphatic carbocycles. The van der Waals surface area contributed by atoms with E-state index in [1.807, 2.05) is 6.20 Å². The zero-order valence-electron chi connectivity index (χ0n) is 16.2. The summed E-state index contributed by atoms with van der Waals surface area (Å²) >= 11 is 1.66. The number of piperidine rings is 1. The number of nitrogens with zero attached hydrogens (tertiary/aromatic N) is 3. The average Bonchev–Trinajstić information content (AvgIpc) is 3.14. The summed E-state index contributed by atoms with van der Waals surface area (Å²) in [7, 11) is 0. The van der Waals surface area contributed by atoms with E-state index in [1.54, 1.807) is 17.5 Å². The van der Waals surface area contributed by atoms with Crippen LogP contribution in [0.1, 0.15) is 40.2 Å². The number of carbonyl (C=O) groups is 1. The summed E-state index contributed by atoms with van der Waals surface area (Å²) in [6.45, 7) is 5.79. The van der Waals surface area contributed by atoms with E-state index in [-0.39, 0.29) is 5.91 Å². The zero-order chi connectivity index (χ0) is 19.1. The number of rotatable bonds is 2. The van der Waals surface area contributed by atoms with Gasteiger partial charge in [-0.2, -0.15) is 0 Å². The van der Waals surface area contributed by atoms with Crippen molar-refractivity contribution in [2.45, 2.75) is 31.7 Å². The van der Waals surface area contributed by atoms with E-state index < -0.39 is 0 Å². The Balaban J connectivity index is 1.31. The molecule has 3 aromatic rings. The summed E-state index contributed by atoms with van der Waals surface area (Å²) in [6.07, 6.45) is 5.98. The van der Waals surface area contributed by atoms with E-state index in [4.69, 9.17) is 0 Å². The minimum Gasteiger partial charge on any atom is -0.336 e. The highest BCUT2D eigenvalue weighted by Gasteiger charge is 2.35. The summed E-state index contributed by atoms with van der Waals surface area (Å²) in [5.41, 5.74) is 3.42. The first-order chi connectivity index (χ1) is 13.7. The first-order valence-electron chi connectivity index (χ1n) is 10.1. The van der Waals surface area contributed by atoms with Crippen molar-refractivity contribution < 1.29 is 4.79 Å². The number of thiophene rings is 1. The van der Waals surface area contributed by atoms with Gasteiger partial charge in [-0.15, -0.1) is 11.3 Å². The van der Waals surface area contributed by atoms with Gasteiger partial charge in [-0.25, -0.2) is 0 Å². The summed E-state index contributed by atoms with van der Waals surface area (Å²) in [5, 5.41) is 3.23. The number of piperazine rings is 1. The van der Waals surface area contributed by atoms with Gasteiger partial charge in [-0.05, 0) is 42.2 Å². The van der Waals surface area contributed by atoms with E-state index in [0.29, 0.717) is 12.0 Å². The van der Waals surface area contributed by atoms with Gasteiger partial charge in [0.2, 0.25) is 0 Å². The zero-order valence-corrected chi connectivity index (χ0v) is 17.0. The fraction of sp³-hybridized carbons (Fsp3) is 0.391. The molecule has 2 atom stereocenters. The quantitative estimate of drug-likeness (QED) is 0.653. The minimum atomic E-state index is 0.143. The molecular formula is C23H25N3OS. The molecule has 2 aliphatic rings. The van der Waals surface area contributed by atoms with E-state index in [0.717, 1.165) is 48.2 Å². The van der Waals surface area contributed by atoms with Crippen molar-refractivity contribution >= 4 is 27.3 Å². The largest absolute Gasteiger partial charge is 0.336 e. The van der Waals surface area contributed by atoms with Crippen molar-refractivity contribution in [3.05, 3.63) is 64.8 Å². The summed E-state index contributed by atoms with van der Waals surface area (Å²) in [6, 6.07) is 11.3. The summed E-state index contributed by atoms with van der Waals surface area (Å²) in [5.74, 6) is 0.761. The summed E-state index contributed by atoms with van der Waals surface area (Å²) in [4.78, 5) is 22.2. The first-order valence-corrected chi connectivity index (χ1v) is 11.0. The molecule has 5 heteroatoms. The van der Waals surface area contributed by atoms with E-state index in [2.05, 4.69) is 57.4 Å². The lowest BCUT2D eigenvalue weighted by atomic mass is 9.86. The Bertz CT molecular complexity index is 1000. The second-order valence-electron chi connectivity index (χ2n) is 8.07. The minimum absolute atomic E-state index is 0.143. The highest BCUT2D eigenvalue weighted by molar-refractivity contribution is 7.17. The molecular weight excluding hydrogens is 366 g/mol. The maximum absolute atomic E-state index is 13.3. The van der Waals surface area contributed by atoms with E-state index in [9.17, 15) is 4.79 Å². The van der Waals surface area contributed by atoms with Crippen LogP contribution in [-0.2, 0) is 0 Å². The fourth-order valence-electron chi connectivity index (χ4n) is 4.75. The van der Waals surface area contributed by atoms with Crippen LogP contribution < -0.4 is 0 Å². The number of amides is 1. The van der Waals surface area contributed by atoms with Crippen LogP contribution in [-0.4, -0.2) is 52.9 Å². The highest BCUT2D eigenvalue weighted by Crippen LogP contribution is 2.33. The Morgan fingerprint density at radius 3 is 2.82 bits per heavy atom. The number of hydrogen-bond donors (Lipinski definition) is 0. The predicted molar refractivity (Wildman–Crippen MR) is 114 cm³/mol. The van der Waals surface area contributed by atoms with Gasteiger partial charge in [0.25, 0.3) is 5.91 Å². The van der Waals surface area contributed by atoms with Crippen LogP contribution in [0.25, 0.3) is 10.1 Å². The van der Waals surface area contributed by atoms with Crippen LogP contribution >= 0.6 is 11.3 Å². The second kappa shape index (κ2) is 7.30. The van der Waals surface area contributed by atoms with Gasteiger partial charge in [0.1, 0.15) is 0 Å². The molecule has 4 heterocycles. The van der Waals surface area contributed by atoms with Gasteiger partial charge in [0.15, 0.2) is 0 Å². The predicted octanol–water partition coefficient (Wildman–Crippen LogP) is 4.31. The van der Waals surface area contributed by atoms with Gasteiger partial charge in [0, 0.05) is 50.0 Å². The van der Waals surface area contributed by atoms with Crippen LogP contribution in [0, 0.1) is 6.92 Å². The number of aryl methyl sites for hydroxylation is 1. The smallest absolute Gasteiger partial charge is 0.256 e. The third-order valence-corrected chi connectivity index (χ3v) is 7.52. The molecule has 0 bridgehead atoms. The molecule has 2 saturated heterocycles. The van der Waals surface area contributed by atoms with Crippen molar-refractivity contribution in [2.75, 3.05) is 26.2 Å². The van der Waals surface area contributed by atoms with Crippen molar-refractivity contribution in [3.63, 3.8) is 0 Å². The number of carbonyl (C=O) groups excluding carboxylic acids is 1. The lowest BCUT2D eigenvalue weighted by Crippen LogP contribution is -2.57. The van der Waals surface area contributed by atoms with Crippen LogP contribution in [0.3, 0.4) is 0 Å². The number of benzene rings is 1. The van der Waals surface area contributed by atoms with E-state index in [1.165, 1.54) is 17.5 Å². The molecule has 2 fully saturated rings. The monoisotopic (exact) mass is 391 g/mol. The Hall–Kier alpha value is -2.24. The van der Waals surface area contributed by atoms with Crippen molar-refractivity contribution in [2.24, 2.45) is 0 Å². The fourth-order valence-corrected chi connectivity index (χ4v) is 5.78. The Kier molecular flexibility index (Phi) is 4.65. The molecule has 5 rings (SSSR count). The van der Waals surface area contributed by atoms with Crippen LogP contribution in [0.15, 0.2) is 48.1 Å². The molecule has 2 aliphatic heterocycles. The molecule has 144 valence electrons. The second-order valence-corrected chi connectivity index (χ2v) is 8.95. The molecule has 0 spiro atoms. The Morgan fingerprint density at radius 2 is 1.96 bits per heavy atom. The van der Waals surface area contributed by atoms with Gasteiger partial charge >= 0.3 is 0 Å². The molecule has 28 heavy (non-hydrogen) atoms. The van der Waals surface area contributed by atoms with Crippen molar-refractivity contribution in [1.82, 2.24) is 14.8 Å². The molecule has 1 aromatic carbocycles. The number of hydrogen-bond acceptors (Lipinski definition) is 4. The number of aromatic nitrogens is 1. The maximum atomic E-state index is 13.3. The molecule has 0 N–H and O–H groups in total. The molecule has 0 unspecified atom stereocenters. The molecule has 0 saturated carbocycles. The standard InChI is InChI=1S/C23H25N3OS/c1-16-15-28-22-20(16)11-24-12-21(22)23(27)26-10-9-25-13-18(7-8-19(25)14-26)17-5-3-2-4-6-17/h2-6,11-12,15,18-19H,7-10,13-14H2,1H3/t18-,19+/m0/s1. The SMILES string of the molecule is Cc1csc2c(C(=O)N3CCN4C[C@@H](c5ccccc5)CC[C@@H]4C3)cncc12. The number of fused-ring (bicyclic) bond motifs is 2. The topological polar surface area (TPSA) is 36.4 Å². The van der Waals surface area contributed by atoms with Gasteiger partial charge in [0.05, 0.1) is 10.3 Å². The number of pyridine rings is 1. The average molecular weight is 392 g/mol. The summed E-state index contributed by atoms with van der Waals surface area (Å²) < 4.78 is 1.08. The lowest BCUT2D eigenvalue weighted by molar-refractivity contribution is 0.0330. The van der Waals surface area contributed by atoms with Crippen molar-refractivity contribution in [1.29, 1.82) is 0 Å². The maximum Gasteiger partial charge on any atom is 0.256 e. The molecule has 4 nitrogen and oxygen atoms in total. The molecule has 1 amide bonds. The van der Waals surface area contributed by atoms with Crippen LogP contribution in [0.5, 0.6) is 0 Å². The third kappa shape index (κ3) is 3.12. The molecule has 0 radical (unpaired) electrons. The van der Waals surface area contributed by atoms with Crippen molar-refractivity contribution in [3.8, 4) is 0 Å². The van der Waals surface area contributed by atoms with E-state index >= 15 is 0 Å². The van der Waals surface area contributed by atoms with Crippen LogP contribution in [0.2, 0.25) is 0 Å². The normalized spacial score (nSPS) is 23.0. The molecule has 2 aromatic heterocycles. The van der Waals surface area contributed by atoms with Gasteiger partial charge in [-0.1, -0.05) is 30.3 Å². The lowest BCUT2D eigenvalue weighted by Gasteiger charge is -2.46.